The van der Waals surface area contributed by atoms with E-state index in [0.717, 1.165) is 6.54 Å². The van der Waals surface area contributed by atoms with Gasteiger partial charge in [-0.25, -0.2) is 13.2 Å². The van der Waals surface area contributed by atoms with E-state index < -0.39 is 38.7 Å². The van der Waals surface area contributed by atoms with E-state index in [2.05, 4.69) is 10.6 Å². The van der Waals surface area contributed by atoms with Gasteiger partial charge < -0.3 is 25.4 Å². The van der Waals surface area contributed by atoms with Gasteiger partial charge in [-0.05, 0) is 31.5 Å². The number of amides is 2. The number of allylic oxidation sites excluding steroid dienone is 1. The Bertz CT molecular complexity index is 1230. The van der Waals surface area contributed by atoms with Crippen LogP contribution in [0, 0.1) is 11.3 Å². The number of carbonyl (C=O) groups excluding carboxylic acids is 2. The number of fused-ring (bicyclic) bond motifs is 2. The minimum atomic E-state index is -5.08. The Morgan fingerprint density at radius 3 is 2.53 bits per heavy atom. The third kappa shape index (κ3) is 5.65. The lowest BCUT2D eigenvalue weighted by Crippen LogP contribution is -2.50. The maximum absolute atomic E-state index is 13.3. The molecule has 1 aromatic carbocycles. The van der Waals surface area contributed by atoms with Crippen LogP contribution in [0.3, 0.4) is 0 Å². The van der Waals surface area contributed by atoms with Crippen molar-refractivity contribution in [3.05, 3.63) is 42.0 Å². The standard InChI is InChI=1S/C22H27N3O5S.C2HF3O2/c26-20-15-5-1-2-6-18(15)30-10-4-3-7-22(8-9-23-14-22)21(27)24-17-13-31(28,29)19-12-25(20)11-16(17)19;3-2(4,5)1(6)7/h1-6,16-17,19,23H,7-14H2,(H,24,27);(H,6,7)/b4-3-;/t16-,17+,19-,22?;/m0./s1. The van der Waals surface area contributed by atoms with E-state index in [1.807, 2.05) is 18.2 Å². The van der Waals surface area contributed by atoms with Crippen molar-refractivity contribution >= 4 is 27.6 Å². The summed E-state index contributed by atoms with van der Waals surface area (Å²) in [4.78, 5) is 37.0. The highest BCUT2D eigenvalue weighted by Gasteiger charge is 2.54. The van der Waals surface area contributed by atoms with Crippen LogP contribution < -0.4 is 15.4 Å². The number of nitrogens with one attached hydrogen (secondary N) is 2. The molecule has 4 aliphatic heterocycles. The second-order valence-electron chi connectivity index (χ2n) is 9.81. The lowest BCUT2D eigenvalue weighted by molar-refractivity contribution is -0.192. The second kappa shape index (κ2) is 10.6. The third-order valence-electron chi connectivity index (χ3n) is 7.40. The molecule has 0 aromatic heterocycles. The van der Waals surface area contributed by atoms with Crippen molar-refractivity contribution in [3.8, 4) is 5.75 Å². The topological polar surface area (TPSA) is 142 Å². The molecule has 0 saturated carbocycles. The normalized spacial score (nSPS) is 31.2. The van der Waals surface area contributed by atoms with Crippen LogP contribution in [0.5, 0.6) is 5.75 Å². The first-order valence-corrected chi connectivity index (χ1v) is 13.7. The molecule has 1 aromatic rings. The molecule has 4 atom stereocenters. The van der Waals surface area contributed by atoms with Crippen molar-refractivity contribution in [2.24, 2.45) is 11.3 Å². The van der Waals surface area contributed by atoms with E-state index in [4.69, 9.17) is 14.6 Å². The summed E-state index contributed by atoms with van der Waals surface area (Å²) < 4.78 is 63.3. The van der Waals surface area contributed by atoms with Crippen molar-refractivity contribution in [1.29, 1.82) is 0 Å². The van der Waals surface area contributed by atoms with Gasteiger partial charge in [-0.15, -0.1) is 0 Å². The molecule has 4 aliphatic rings. The maximum atomic E-state index is 13.3. The number of rotatable bonds is 0. The number of halogens is 3. The van der Waals surface area contributed by atoms with Crippen molar-refractivity contribution in [1.82, 2.24) is 15.5 Å². The summed E-state index contributed by atoms with van der Waals surface area (Å²) in [5.74, 6) is -2.97. The van der Waals surface area contributed by atoms with Crippen LogP contribution in [0.15, 0.2) is 36.4 Å². The Kier molecular flexibility index (Phi) is 7.75. The van der Waals surface area contributed by atoms with Gasteiger partial charge >= 0.3 is 12.1 Å². The first-order chi connectivity index (χ1) is 17.8. The Labute approximate surface area is 217 Å². The summed E-state index contributed by atoms with van der Waals surface area (Å²) in [5, 5.41) is 12.8. The minimum absolute atomic E-state index is 0.0604. The summed E-state index contributed by atoms with van der Waals surface area (Å²) in [5.41, 5.74) is -0.162. The van der Waals surface area contributed by atoms with Gasteiger partial charge in [0, 0.05) is 31.6 Å². The van der Waals surface area contributed by atoms with Crippen LogP contribution in [0.2, 0.25) is 0 Å². The van der Waals surface area contributed by atoms with Gasteiger partial charge in [0.15, 0.2) is 9.84 Å². The molecule has 1 spiro atoms. The second-order valence-corrected chi connectivity index (χ2v) is 12.1. The first kappa shape index (κ1) is 27.9. The zero-order chi connectivity index (χ0) is 27.7. The highest BCUT2D eigenvalue weighted by atomic mass is 32.2. The number of sulfone groups is 1. The van der Waals surface area contributed by atoms with Crippen molar-refractivity contribution < 1.29 is 45.8 Å². The van der Waals surface area contributed by atoms with Crippen LogP contribution in [0.1, 0.15) is 23.2 Å². The van der Waals surface area contributed by atoms with Gasteiger partial charge in [-0.1, -0.05) is 24.3 Å². The Hall–Kier alpha value is -3.13. The van der Waals surface area contributed by atoms with Gasteiger partial charge in [-0.2, -0.15) is 13.2 Å². The predicted molar refractivity (Wildman–Crippen MR) is 128 cm³/mol. The zero-order valence-corrected chi connectivity index (χ0v) is 21.1. The Morgan fingerprint density at radius 2 is 1.87 bits per heavy atom. The number of carbonyl (C=O) groups is 3. The van der Waals surface area contributed by atoms with Crippen LogP contribution in [-0.2, 0) is 19.4 Å². The molecule has 2 bridgehead atoms. The lowest BCUT2D eigenvalue weighted by Gasteiger charge is -2.29. The van der Waals surface area contributed by atoms with Gasteiger partial charge in [-0.3, -0.25) is 9.59 Å². The van der Waals surface area contributed by atoms with Gasteiger partial charge in [0.1, 0.15) is 12.4 Å². The molecule has 208 valence electrons. The van der Waals surface area contributed by atoms with Crippen LogP contribution >= 0.6 is 0 Å². The summed E-state index contributed by atoms with van der Waals surface area (Å²) in [6.07, 6.45) is -0.0161. The third-order valence-corrected chi connectivity index (χ3v) is 9.64. The molecule has 5 rings (SSSR count). The molecule has 10 nitrogen and oxygen atoms in total. The summed E-state index contributed by atoms with van der Waals surface area (Å²) in [7, 11) is -3.40. The number of para-hydroxylation sites is 1. The number of ether oxygens (including phenoxy) is 1. The summed E-state index contributed by atoms with van der Waals surface area (Å²) in [6.45, 7) is 2.07. The van der Waals surface area contributed by atoms with Crippen LogP contribution in [0.4, 0.5) is 13.2 Å². The fourth-order valence-electron chi connectivity index (χ4n) is 5.36. The number of hydrogen-bond acceptors (Lipinski definition) is 7. The molecule has 0 radical (unpaired) electrons. The number of carboxylic acid groups (broad SMARTS) is 1. The van der Waals surface area contributed by atoms with E-state index in [9.17, 15) is 31.2 Å². The van der Waals surface area contributed by atoms with Gasteiger partial charge in [0.25, 0.3) is 5.91 Å². The van der Waals surface area contributed by atoms with Gasteiger partial charge in [0.05, 0.1) is 22.0 Å². The van der Waals surface area contributed by atoms with Crippen molar-refractivity contribution in [2.75, 3.05) is 38.5 Å². The van der Waals surface area contributed by atoms with E-state index in [0.29, 0.717) is 37.2 Å². The monoisotopic (exact) mass is 559 g/mol. The highest BCUT2D eigenvalue weighted by molar-refractivity contribution is 7.92. The molecule has 38 heavy (non-hydrogen) atoms. The molecular weight excluding hydrogens is 531 g/mol. The molecule has 4 heterocycles. The van der Waals surface area contributed by atoms with E-state index in [1.54, 1.807) is 23.1 Å². The highest BCUT2D eigenvalue weighted by Crippen LogP contribution is 2.37. The smallest absolute Gasteiger partial charge is 0.489 e. The molecule has 3 N–H and O–H groups in total. The number of hydrogen-bond donors (Lipinski definition) is 3. The Morgan fingerprint density at radius 1 is 1.16 bits per heavy atom. The molecule has 1 unspecified atom stereocenters. The Balaban J connectivity index is 0.000000426. The maximum Gasteiger partial charge on any atom is 0.490 e. The van der Waals surface area contributed by atoms with E-state index in [1.165, 1.54) is 0 Å². The number of benzene rings is 1. The predicted octanol–water partition coefficient (Wildman–Crippen LogP) is 0.992. The first-order valence-electron chi connectivity index (χ1n) is 12.0. The molecular formula is C24H28F3N3O7S. The largest absolute Gasteiger partial charge is 0.490 e. The number of nitrogens with zero attached hydrogens (tertiary/aromatic N) is 1. The summed E-state index contributed by atoms with van der Waals surface area (Å²) >= 11 is 0. The van der Waals surface area contributed by atoms with Crippen LogP contribution in [0.25, 0.3) is 0 Å². The number of carboxylic acids is 1. The SMILES string of the molecule is O=C(O)C(F)(F)F.O=C1c2ccccc2OC/C=C\CC2(CCNC2)C(=O)N[C@@H]2CS(=O)(=O)[C@H]3CN1C[C@@H]23. The summed E-state index contributed by atoms with van der Waals surface area (Å²) in [6, 6.07) is 6.57. The number of alkyl halides is 3. The fraction of sp³-hybridized carbons (Fsp3) is 0.542. The van der Waals surface area contributed by atoms with E-state index in [-0.39, 0.29) is 36.6 Å². The quantitative estimate of drug-likeness (QED) is 0.400. The van der Waals surface area contributed by atoms with Crippen molar-refractivity contribution in [2.45, 2.75) is 30.3 Å². The molecule has 0 aliphatic carbocycles. The lowest BCUT2D eigenvalue weighted by atomic mass is 9.81. The molecule has 14 heteroatoms. The average molecular weight is 560 g/mol. The minimum Gasteiger partial charge on any atom is -0.489 e. The van der Waals surface area contributed by atoms with E-state index >= 15 is 0 Å². The van der Waals surface area contributed by atoms with Crippen LogP contribution in [-0.4, -0.2) is 92.2 Å². The molecule has 2 amide bonds. The number of aliphatic carboxylic acids is 1. The fourth-order valence-corrected chi connectivity index (χ4v) is 7.65. The zero-order valence-electron chi connectivity index (χ0n) is 20.2. The molecule has 3 fully saturated rings. The molecule has 3 saturated heterocycles. The van der Waals surface area contributed by atoms with Crippen molar-refractivity contribution in [3.63, 3.8) is 0 Å². The van der Waals surface area contributed by atoms with Gasteiger partial charge in [0.2, 0.25) is 5.91 Å². The average Bonchev–Trinajstić information content (AvgIpc) is 3.56.